The summed E-state index contributed by atoms with van der Waals surface area (Å²) in [6.45, 7) is 9.92. The van der Waals surface area contributed by atoms with Gasteiger partial charge < -0.3 is 18.8 Å². The number of methoxy groups -OCH3 is 1. The molecule has 0 radical (unpaired) electrons. The standard InChI is InChI=1S/C38H41N3O3/c1-5-6-19-41-33(36(31-13-9-7-10-14-31)39-38(41)32-15-11-8-12-16-32)25-40(23-29-17-18-34-35(22-29)44-26-43-34)24-30-20-27(2)37(42-4)28(3)21-30/h7-18,20-22H,5-6,19,23-26H2,1-4H3. The first-order chi connectivity index (χ1) is 21.5. The molecule has 0 saturated carbocycles. The van der Waals surface area contributed by atoms with Crippen molar-refractivity contribution in [2.45, 2.75) is 59.8 Å². The predicted octanol–water partition coefficient (Wildman–Crippen LogP) is 8.57. The number of fused-ring (bicyclic) bond motifs is 1. The Morgan fingerprint density at radius 3 is 2.11 bits per heavy atom. The van der Waals surface area contributed by atoms with E-state index in [-0.39, 0.29) is 6.79 Å². The molecule has 4 aromatic carbocycles. The predicted molar refractivity (Wildman–Crippen MR) is 176 cm³/mol. The Morgan fingerprint density at radius 1 is 0.773 bits per heavy atom. The molecule has 6 nitrogen and oxygen atoms in total. The Hall–Kier alpha value is -4.55. The highest BCUT2D eigenvalue weighted by atomic mass is 16.7. The topological polar surface area (TPSA) is 48.8 Å². The van der Waals surface area contributed by atoms with Crippen molar-refractivity contribution in [3.8, 4) is 39.9 Å². The van der Waals surface area contributed by atoms with Crippen LogP contribution in [0.2, 0.25) is 0 Å². The molecule has 2 heterocycles. The summed E-state index contributed by atoms with van der Waals surface area (Å²) in [7, 11) is 1.74. The Balaban J connectivity index is 1.45. The molecule has 1 aliphatic heterocycles. The third kappa shape index (κ3) is 6.36. The lowest BCUT2D eigenvalue weighted by Gasteiger charge is -2.25. The second-order valence-electron chi connectivity index (χ2n) is 11.6. The first-order valence-corrected chi connectivity index (χ1v) is 15.5. The van der Waals surface area contributed by atoms with Gasteiger partial charge in [0.1, 0.15) is 11.6 Å². The van der Waals surface area contributed by atoms with Crippen LogP contribution in [0.5, 0.6) is 17.2 Å². The molecular weight excluding hydrogens is 546 g/mol. The van der Waals surface area contributed by atoms with Gasteiger partial charge in [0.25, 0.3) is 0 Å². The van der Waals surface area contributed by atoms with E-state index >= 15 is 0 Å². The molecular formula is C38H41N3O3. The third-order valence-electron chi connectivity index (χ3n) is 8.23. The zero-order valence-electron chi connectivity index (χ0n) is 26.2. The van der Waals surface area contributed by atoms with Gasteiger partial charge in [0.05, 0.1) is 18.5 Å². The van der Waals surface area contributed by atoms with Crippen molar-refractivity contribution in [3.63, 3.8) is 0 Å². The largest absolute Gasteiger partial charge is 0.496 e. The molecule has 0 aliphatic carbocycles. The molecule has 0 atom stereocenters. The number of benzene rings is 4. The number of ether oxygens (including phenoxy) is 3. The molecule has 44 heavy (non-hydrogen) atoms. The Kier molecular flexibility index (Phi) is 8.99. The molecule has 0 bridgehead atoms. The van der Waals surface area contributed by atoms with Gasteiger partial charge in [-0.25, -0.2) is 4.98 Å². The molecule has 226 valence electrons. The van der Waals surface area contributed by atoms with E-state index in [9.17, 15) is 0 Å². The number of rotatable bonds is 12. The smallest absolute Gasteiger partial charge is 0.231 e. The van der Waals surface area contributed by atoms with Crippen LogP contribution in [0.3, 0.4) is 0 Å². The molecule has 0 unspecified atom stereocenters. The first-order valence-electron chi connectivity index (χ1n) is 15.5. The summed E-state index contributed by atoms with van der Waals surface area (Å²) in [6.07, 6.45) is 2.19. The van der Waals surface area contributed by atoms with Crippen LogP contribution in [0.25, 0.3) is 22.6 Å². The zero-order valence-corrected chi connectivity index (χ0v) is 26.2. The van der Waals surface area contributed by atoms with Crippen LogP contribution in [0.1, 0.15) is 47.7 Å². The Labute approximate surface area is 260 Å². The van der Waals surface area contributed by atoms with Crippen LogP contribution in [0.15, 0.2) is 91.0 Å². The number of hydrogen-bond acceptors (Lipinski definition) is 5. The maximum atomic E-state index is 5.74. The molecule has 6 rings (SSSR count). The number of hydrogen-bond donors (Lipinski definition) is 0. The van der Waals surface area contributed by atoms with Crippen LogP contribution in [0, 0.1) is 13.8 Å². The minimum atomic E-state index is 0.270. The fraction of sp³-hybridized carbons (Fsp3) is 0.289. The van der Waals surface area contributed by atoms with Gasteiger partial charge in [0, 0.05) is 37.3 Å². The minimum absolute atomic E-state index is 0.270. The van der Waals surface area contributed by atoms with Crippen molar-refractivity contribution in [2.24, 2.45) is 0 Å². The maximum Gasteiger partial charge on any atom is 0.231 e. The van der Waals surface area contributed by atoms with Crippen molar-refractivity contribution in [1.82, 2.24) is 14.5 Å². The second kappa shape index (κ2) is 13.4. The number of nitrogens with zero attached hydrogens (tertiary/aromatic N) is 3. The van der Waals surface area contributed by atoms with Crippen molar-refractivity contribution in [1.29, 1.82) is 0 Å². The SMILES string of the molecule is CCCCn1c(-c2ccccc2)nc(-c2ccccc2)c1CN(Cc1cc(C)c(OC)c(C)c1)Cc1ccc2c(c1)OCO2. The summed E-state index contributed by atoms with van der Waals surface area (Å²) in [6, 6.07) is 32.0. The van der Waals surface area contributed by atoms with E-state index in [1.807, 2.05) is 6.07 Å². The van der Waals surface area contributed by atoms with E-state index in [2.05, 4.69) is 115 Å². The molecule has 0 spiro atoms. The summed E-state index contributed by atoms with van der Waals surface area (Å²) in [5.74, 6) is 3.58. The van der Waals surface area contributed by atoms with Crippen molar-refractivity contribution < 1.29 is 14.2 Å². The summed E-state index contributed by atoms with van der Waals surface area (Å²) < 4.78 is 19.5. The van der Waals surface area contributed by atoms with Gasteiger partial charge in [-0.15, -0.1) is 0 Å². The number of imidazole rings is 1. The quantitative estimate of drug-likeness (QED) is 0.146. The van der Waals surface area contributed by atoms with Gasteiger partial charge in [-0.3, -0.25) is 4.90 Å². The number of aromatic nitrogens is 2. The van der Waals surface area contributed by atoms with Crippen LogP contribution >= 0.6 is 0 Å². The number of unbranched alkanes of at least 4 members (excludes halogenated alkanes) is 1. The lowest BCUT2D eigenvalue weighted by molar-refractivity contribution is 0.174. The van der Waals surface area contributed by atoms with E-state index in [0.29, 0.717) is 0 Å². The highest BCUT2D eigenvalue weighted by Gasteiger charge is 2.23. The van der Waals surface area contributed by atoms with Crippen LogP contribution < -0.4 is 14.2 Å². The first kappa shape index (κ1) is 29.5. The van der Waals surface area contributed by atoms with E-state index < -0.39 is 0 Å². The molecule has 0 amide bonds. The average Bonchev–Trinajstić information content (AvgIpc) is 3.65. The van der Waals surface area contributed by atoms with Gasteiger partial charge in [0.15, 0.2) is 11.5 Å². The van der Waals surface area contributed by atoms with Crippen molar-refractivity contribution in [3.05, 3.63) is 119 Å². The number of aryl methyl sites for hydroxylation is 2. The van der Waals surface area contributed by atoms with Gasteiger partial charge in [-0.05, 0) is 54.7 Å². The van der Waals surface area contributed by atoms with E-state index in [1.165, 1.54) is 16.8 Å². The maximum absolute atomic E-state index is 5.74. The van der Waals surface area contributed by atoms with Crippen LogP contribution in [-0.2, 0) is 26.2 Å². The monoisotopic (exact) mass is 587 g/mol. The normalized spacial score (nSPS) is 12.2. The molecule has 6 heteroatoms. The minimum Gasteiger partial charge on any atom is -0.496 e. The summed E-state index contributed by atoms with van der Waals surface area (Å²) in [5.41, 5.74) is 9.27. The van der Waals surface area contributed by atoms with Crippen LogP contribution in [0.4, 0.5) is 0 Å². The highest BCUT2D eigenvalue weighted by Crippen LogP contribution is 2.35. The van der Waals surface area contributed by atoms with Gasteiger partial charge in [-0.2, -0.15) is 0 Å². The Morgan fingerprint density at radius 2 is 1.43 bits per heavy atom. The van der Waals surface area contributed by atoms with Crippen molar-refractivity contribution >= 4 is 0 Å². The zero-order chi connectivity index (χ0) is 30.5. The molecule has 0 fully saturated rings. The van der Waals surface area contributed by atoms with Crippen molar-refractivity contribution in [2.75, 3.05) is 13.9 Å². The highest BCUT2D eigenvalue weighted by molar-refractivity contribution is 5.68. The fourth-order valence-corrected chi connectivity index (χ4v) is 6.23. The molecule has 1 aliphatic rings. The van der Waals surface area contributed by atoms with E-state index in [4.69, 9.17) is 19.2 Å². The average molecular weight is 588 g/mol. The molecule has 0 saturated heterocycles. The van der Waals surface area contributed by atoms with Gasteiger partial charge in [0.2, 0.25) is 6.79 Å². The molecule has 5 aromatic rings. The second-order valence-corrected chi connectivity index (χ2v) is 11.6. The van der Waals surface area contributed by atoms with Gasteiger partial charge >= 0.3 is 0 Å². The van der Waals surface area contributed by atoms with Gasteiger partial charge in [-0.1, -0.05) is 92.2 Å². The lowest BCUT2D eigenvalue weighted by Crippen LogP contribution is -2.25. The van der Waals surface area contributed by atoms with E-state index in [1.54, 1.807) is 7.11 Å². The molecule has 1 aromatic heterocycles. The fourth-order valence-electron chi connectivity index (χ4n) is 6.23. The summed E-state index contributed by atoms with van der Waals surface area (Å²) >= 11 is 0. The lowest BCUT2D eigenvalue weighted by atomic mass is 10.0. The summed E-state index contributed by atoms with van der Waals surface area (Å²) in [4.78, 5) is 7.86. The summed E-state index contributed by atoms with van der Waals surface area (Å²) in [5, 5.41) is 0. The third-order valence-corrected chi connectivity index (χ3v) is 8.23. The van der Waals surface area contributed by atoms with E-state index in [0.717, 1.165) is 90.0 Å². The molecule has 0 N–H and O–H groups in total. The van der Waals surface area contributed by atoms with Crippen LogP contribution in [-0.4, -0.2) is 28.4 Å². The Bertz CT molecular complexity index is 1690.